The third-order valence-corrected chi connectivity index (χ3v) is 6.94. The largest absolute Gasteiger partial charge is 0.347 e. The van der Waals surface area contributed by atoms with Crippen molar-refractivity contribution in [2.24, 2.45) is 5.92 Å². The summed E-state index contributed by atoms with van der Waals surface area (Å²) in [4.78, 5) is 0. The molecule has 4 nitrogen and oxygen atoms in total. The van der Waals surface area contributed by atoms with E-state index >= 15 is 0 Å². The molecule has 2 rings (SSSR count). The lowest BCUT2D eigenvalue weighted by atomic mass is 9.88. The van der Waals surface area contributed by atoms with E-state index in [1.807, 2.05) is 18.2 Å². The highest BCUT2D eigenvalue weighted by Gasteiger charge is 2.41. The lowest BCUT2D eigenvalue weighted by Crippen LogP contribution is -2.39. The van der Waals surface area contributed by atoms with Gasteiger partial charge in [-0.3, -0.25) is 9.88 Å². The van der Waals surface area contributed by atoms with Crippen LogP contribution in [0, 0.1) is 5.92 Å². The van der Waals surface area contributed by atoms with E-state index in [1.165, 1.54) is 39.0 Å². The molecule has 1 aliphatic rings. The zero-order chi connectivity index (χ0) is 16.0. The van der Waals surface area contributed by atoms with Crippen LogP contribution in [0.15, 0.2) is 30.3 Å². The molecule has 0 amide bonds. The van der Waals surface area contributed by atoms with E-state index in [1.54, 1.807) is 0 Å². The fourth-order valence-corrected chi connectivity index (χ4v) is 5.16. The van der Waals surface area contributed by atoms with Gasteiger partial charge >= 0.3 is 7.60 Å². The second kappa shape index (κ2) is 8.26. The van der Waals surface area contributed by atoms with Crippen molar-refractivity contribution in [1.29, 1.82) is 0 Å². The van der Waals surface area contributed by atoms with Crippen LogP contribution in [0.4, 0.5) is 0 Å². The van der Waals surface area contributed by atoms with Gasteiger partial charge in [0.1, 0.15) is 5.78 Å². The van der Waals surface area contributed by atoms with E-state index in [0.29, 0.717) is 5.92 Å². The Hall–Kier alpha value is -0.670. The molecule has 0 heterocycles. The molecule has 1 saturated carbocycles. The van der Waals surface area contributed by atoms with Crippen molar-refractivity contribution < 1.29 is 13.6 Å². The molecule has 1 aliphatic carbocycles. The summed E-state index contributed by atoms with van der Waals surface area (Å²) in [5.74, 6) is 0.0867. The first-order chi connectivity index (χ1) is 10.6. The first-order valence-corrected chi connectivity index (χ1v) is 9.74. The van der Waals surface area contributed by atoms with Crippen molar-refractivity contribution in [3.05, 3.63) is 35.9 Å². The Bertz CT molecular complexity index is 480. The van der Waals surface area contributed by atoms with Gasteiger partial charge in [-0.15, -0.1) is 0 Å². The number of hydrogen-bond acceptors (Lipinski definition) is 4. The molecule has 5 heteroatoms. The van der Waals surface area contributed by atoms with Gasteiger partial charge in [-0.05, 0) is 31.2 Å². The third kappa shape index (κ3) is 4.20. The summed E-state index contributed by atoms with van der Waals surface area (Å²) in [6, 6.07) is 10.3. The smallest absolute Gasteiger partial charge is 0.311 e. The fourth-order valence-electron chi connectivity index (χ4n) is 3.33. The van der Waals surface area contributed by atoms with Crippen LogP contribution in [0.5, 0.6) is 0 Å². The van der Waals surface area contributed by atoms with Crippen LogP contribution in [0.2, 0.25) is 0 Å². The molecule has 22 heavy (non-hydrogen) atoms. The van der Waals surface area contributed by atoms with Gasteiger partial charge < -0.3 is 9.05 Å². The number of benzene rings is 1. The summed E-state index contributed by atoms with van der Waals surface area (Å²) in [7, 11) is -0.183. The molecule has 2 atom stereocenters. The highest BCUT2D eigenvalue weighted by Crippen LogP contribution is 2.55. The van der Waals surface area contributed by atoms with Crippen molar-refractivity contribution >= 4 is 7.60 Å². The maximum atomic E-state index is 13.0. The quantitative estimate of drug-likeness (QED) is 0.736. The van der Waals surface area contributed by atoms with Gasteiger partial charge in [0.05, 0.1) is 0 Å². The predicted octanol–water partition coefficient (Wildman–Crippen LogP) is 4.73. The minimum Gasteiger partial charge on any atom is -0.311 e. The van der Waals surface area contributed by atoms with E-state index in [-0.39, 0.29) is 11.8 Å². The Morgan fingerprint density at radius 2 is 1.68 bits per heavy atom. The Labute approximate surface area is 134 Å². The standard InChI is InChI=1S/C17H28NO3P/c1-14(15-10-6-4-7-11-15)18-17(22(19,20-2)21-3)16-12-8-5-9-13-16/h4,6-7,10-11,14,16-18H,5,8-9,12-13H2,1-3H3/t14-,17+/m1/s1. The van der Waals surface area contributed by atoms with Gasteiger partial charge in [-0.2, -0.15) is 0 Å². The van der Waals surface area contributed by atoms with Crippen molar-refractivity contribution in [3.8, 4) is 0 Å². The van der Waals surface area contributed by atoms with Gasteiger partial charge in [0, 0.05) is 20.3 Å². The molecule has 0 spiro atoms. The Balaban J connectivity index is 2.18. The fraction of sp³-hybridized carbons (Fsp3) is 0.647. The zero-order valence-corrected chi connectivity index (χ0v) is 14.7. The molecule has 1 fully saturated rings. The molecular weight excluding hydrogens is 297 g/mol. The Kier molecular flexibility index (Phi) is 6.64. The normalized spacial score (nSPS) is 19.8. The summed E-state index contributed by atoms with van der Waals surface area (Å²) in [6.07, 6.45) is 5.81. The van der Waals surface area contributed by atoms with Crippen LogP contribution < -0.4 is 5.32 Å². The van der Waals surface area contributed by atoms with Gasteiger partial charge in [0.15, 0.2) is 0 Å². The van der Waals surface area contributed by atoms with Crippen LogP contribution in [0.3, 0.4) is 0 Å². The van der Waals surface area contributed by atoms with Crippen molar-refractivity contribution in [1.82, 2.24) is 5.32 Å². The number of nitrogens with one attached hydrogen (secondary N) is 1. The van der Waals surface area contributed by atoms with E-state index in [0.717, 1.165) is 12.8 Å². The minimum atomic E-state index is -3.15. The van der Waals surface area contributed by atoms with Gasteiger partial charge in [0.25, 0.3) is 0 Å². The SMILES string of the molecule is COP(=O)(OC)[C@H](N[C@H](C)c1ccccc1)C1CCCCC1. The zero-order valence-electron chi connectivity index (χ0n) is 13.8. The Morgan fingerprint density at radius 1 is 1.09 bits per heavy atom. The molecule has 0 saturated heterocycles. The summed E-state index contributed by atoms with van der Waals surface area (Å²) >= 11 is 0. The summed E-state index contributed by atoms with van der Waals surface area (Å²) in [6.45, 7) is 2.10. The average Bonchev–Trinajstić information content (AvgIpc) is 2.60. The number of hydrogen-bond donors (Lipinski definition) is 1. The van der Waals surface area contributed by atoms with Gasteiger partial charge in [0.2, 0.25) is 0 Å². The third-order valence-electron chi connectivity index (χ3n) is 4.67. The lowest BCUT2D eigenvalue weighted by Gasteiger charge is -2.36. The summed E-state index contributed by atoms with van der Waals surface area (Å²) in [5.41, 5.74) is 1.18. The van der Waals surface area contributed by atoms with E-state index in [2.05, 4.69) is 24.4 Å². The molecule has 1 aromatic carbocycles. The molecule has 0 bridgehead atoms. The topological polar surface area (TPSA) is 47.6 Å². The molecule has 0 unspecified atom stereocenters. The monoisotopic (exact) mass is 325 g/mol. The molecule has 0 aromatic heterocycles. The van der Waals surface area contributed by atoms with Crippen molar-refractivity contribution in [2.45, 2.75) is 50.9 Å². The van der Waals surface area contributed by atoms with Crippen LogP contribution in [0.1, 0.15) is 50.6 Å². The molecular formula is C17H28NO3P. The van der Waals surface area contributed by atoms with Crippen molar-refractivity contribution in [3.63, 3.8) is 0 Å². The summed E-state index contributed by atoms with van der Waals surface area (Å²) < 4.78 is 23.6. The Morgan fingerprint density at radius 3 is 2.23 bits per heavy atom. The van der Waals surface area contributed by atoms with E-state index in [4.69, 9.17) is 9.05 Å². The molecule has 1 aromatic rings. The van der Waals surface area contributed by atoms with Crippen LogP contribution in [-0.4, -0.2) is 20.0 Å². The lowest BCUT2D eigenvalue weighted by molar-refractivity contribution is 0.218. The summed E-state index contributed by atoms with van der Waals surface area (Å²) in [5, 5.41) is 3.53. The predicted molar refractivity (Wildman–Crippen MR) is 90.0 cm³/mol. The van der Waals surface area contributed by atoms with Crippen LogP contribution >= 0.6 is 7.60 Å². The highest BCUT2D eigenvalue weighted by molar-refractivity contribution is 7.54. The number of rotatable bonds is 7. The maximum Gasteiger partial charge on any atom is 0.347 e. The van der Waals surface area contributed by atoms with E-state index < -0.39 is 7.60 Å². The molecule has 1 N–H and O–H groups in total. The minimum absolute atomic E-state index is 0.103. The van der Waals surface area contributed by atoms with E-state index in [9.17, 15) is 4.57 Å². The molecule has 0 radical (unpaired) electrons. The second-order valence-corrected chi connectivity index (χ2v) is 8.41. The van der Waals surface area contributed by atoms with Crippen molar-refractivity contribution in [2.75, 3.05) is 14.2 Å². The molecule has 124 valence electrons. The van der Waals surface area contributed by atoms with Gasteiger partial charge in [-0.25, -0.2) is 0 Å². The maximum absolute atomic E-state index is 13.0. The average molecular weight is 325 g/mol. The van der Waals surface area contributed by atoms with Crippen LogP contribution in [0.25, 0.3) is 0 Å². The van der Waals surface area contributed by atoms with Crippen LogP contribution in [-0.2, 0) is 13.6 Å². The van der Waals surface area contributed by atoms with Gasteiger partial charge in [-0.1, -0.05) is 49.6 Å². The first kappa shape index (κ1) is 17.7. The second-order valence-electron chi connectivity index (χ2n) is 6.05. The molecule has 0 aliphatic heterocycles. The highest BCUT2D eigenvalue weighted by atomic mass is 31.2. The first-order valence-electron chi connectivity index (χ1n) is 8.13.